The van der Waals surface area contributed by atoms with E-state index >= 15 is 0 Å². The molecule has 122 valence electrons. The molecule has 6 heteroatoms. The number of esters is 1. The van der Waals surface area contributed by atoms with Crippen molar-refractivity contribution < 1.29 is 14.3 Å². The first kappa shape index (κ1) is 17.1. The third kappa shape index (κ3) is 4.39. The van der Waals surface area contributed by atoms with Gasteiger partial charge in [-0.15, -0.1) is 11.3 Å². The standard InChI is InChI=1S/C17H20N2O3S/c1-10(2)18-15(20)12(4)22-17(21)14-11(3)19-16(23-14)13-8-6-5-7-9-13/h5-10,12H,1-4H3,(H,18,20)/t12-/m0/s1. The summed E-state index contributed by atoms with van der Waals surface area (Å²) in [6.07, 6.45) is -0.841. The molecule has 23 heavy (non-hydrogen) atoms. The van der Waals surface area contributed by atoms with Crippen LogP contribution in [-0.2, 0) is 9.53 Å². The molecule has 1 heterocycles. The summed E-state index contributed by atoms with van der Waals surface area (Å²) in [5, 5.41) is 3.48. The van der Waals surface area contributed by atoms with E-state index in [2.05, 4.69) is 10.3 Å². The summed E-state index contributed by atoms with van der Waals surface area (Å²) in [7, 11) is 0. The molecule has 0 aliphatic carbocycles. The number of nitrogens with one attached hydrogen (secondary N) is 1. The maximum absolute atomic E-state index is 12.3. The molecule has 0 spiro atoms. The second-order valence-corrected chi connectivity index (χ2v) is 6.51. The number of nitrogens with zero attached hydrogens (tertiary/aromatic N) is 1. The van der Waals surface area contributed by atoms with Gasteiger partial charge in [0.15, 0.2) is 6.10 Å². The fourth-order valence-electron chi connectivity index (χ4n) is 1.96. The van der Waals surface area contributed by atoms with Gasteiger partial charge in [-0.25, -0.2) is 9.78 Å². The number of thiazole rings is 1. The summed E-state index contributed by atoms with van der Waals surface area (Å²) >= 11 is 1.27. The molecule has 0 saturated heterocycles. The fourth-order valence-corrected chi connectivity index (χ4v) is 2.91. The Morgan fingerprint density at radius 3 is 2.43 bits per heavy atom. The number of aryl methyl sites for hydroxylation is 1. The Hall–Kier alpha value is -2.21. The van der Waals surface area contributed by atoms with Gasteiger partial charge in [-0.05, 0) is 27.7 Å². The number of ether oxygens (including phenoxy) is 1. The molecule has 1 aromatic carbocycles. The van der Waals surface area contributed by atoms with E-state index in [1.165, 1.54) is 11.3 Å². The van der Waals surface area contributed by atoms with Crippen molar-refractivity contribution in [3.8, 4) is 10.6 Å². The molecule has 0 radical (unpaired) electrons. The number of rotatable bonds is 5. The highest BCUT2D eigenvalue weighted by Crippen LogP contribution is 2.28. The Morgan fingerprint density at radius 1 is 1.17 bits per heavy atom. The van der Waals surface area contributed by atoms with Crippen LogP contribution in [0.5, 0.6) is 0 Å². The van der Waals surface area contributed by atoms with Crippen LogP contribution in [0.25, 0.3) is 10.6 Å². The molecule has 1 N–H and O–H groups in total. The normalized spacial score (nSPS) is 12.0. The molecular formula is C17H20N2O3S. The molecule has 5 nitrogen and oxygen atoms in total. The predicted molar refractivity (Wildman–Crippen MR) is 90.4 cm³/mol. The summed E-state index contributed by atoms with van der Waals surface area (Å²) in [6.45, 7) is 7.03. The van der Waals surface area contributed by atoms with E-state index in [0.29, 0.717) is 10.6 Å². The lowest BCUT2D eigenvalue weighted by molar-refractivity contribution is -0.129. The third-order valence-corrected chi connectivity index (χ3v) is 4.27. The smallest absolute Gasteiger partial charge is 0.351 e. The Bertz CT molecular complexity index is 695. The Labute approximate surface area is 139 Å². The summed E-state index contributed by atoms with van der Waals surface area (Å²) < 4.78 is 5.25. The van der Waals surface area contributed by atoms with E-state index in [0.717, 1.165) is 10.6 Å². The van der Waals surface area contributed by atoms with Crippen molar-refractivity contribution in [1.82, 2.24) is 10.3 Å². The second kappa shape index (κ2) is 7.37. The zero-order valence-electron chi connectivity index (χ0n) is 13.6. The second-order valence-electron chi connectivity index (χ2n) is 5.51. The van der Waals surface area contributed by atoms with Gasteiger partial charge in [0.2, 0.25) is 0 Å². The average Bonchev–Trinajstić information content (AvgIpc) is 2.89. The zero-order valence-corrected chi connectivity index (χ0v) is 14.4. The molecule has 0 fully saturated rings. The third-order valence-electron chi connectivity index (χ3n) is 3.09. The van der Waals surface area contributed by atoms with Crippen LogP contribution in [0.4, 0.5) is 0 Å². The summed E-state index contributed by atoms with van der Waals surface area (Å²) in [6, 6.07) is 9.63. The number of hydrogen-bond donors (Lipinski definition) is 1. The molecular weight excluding hydrogens is 312 g/mol. The van der Waals surface area contributed by atoms with Crippen molar-refractivity contribution in [3.63, 3.8) is 0 Å². The highest BCUT2D eigenvalue weighted by atomic mass is 32.1. The van der Waals surface area contributed by atoms with E-state index < -0.39 is 12.1 Å². The monoisotopic (exact) mass is 332 g/mol. The molecule has 0 bridgehead atoms. The number of carbonyl (C=O) groups is 2. The van der Waals surface area contributed by atoms with Crippen molar-refractivity contribution >= 4 is 23.2 Å². The number of hydrogen-bond acceptors (Lipinski definition) is 5. The molecule has 1 amide bonds. The van der Waals surface area contributed by atoms with Crippen LogP contribution in [0.15, 0.2) is 30.3 Å². The SMILES string of the molecule is Cc1nc(-c2ccccc2)sc1C(=O)O[C@@H](C)C(=O)NC(C)C. The molecule has 0 unspecified atom stereocenters. The first-order chi connectivity index (χ1) is 10.9. The minimum Gasteiger partial charge on any atom is -0.448 e. The lowest BCUT2D eigenvalue weighted by Gasteiger charge is -2.14. The van der Waals surface area contributed by atoms with E-state index in [9.17, 15) is 9.59 Å². The van der Waals surface area contributed by atoms with Gasteiger partial charge < -0.3 is 10.1 Å². The summed E-state index contributed by atoms with van der Waals surface area (Å²) in [5.74, 6) is -0.826. The van der Waals surface area contributed by atoms with Crippen molar-refractivity contribution in [1.29, 1.82) is 0 Å². The Balaban J connectivity index is 2.11. The van der Waals surface area contributed by atoms with Crippen LogP contribution < -0.4 is 5.32 Å². The van der Waals surface area contributed by atoms with E-state index in [-0.39, 0.29) is 11.9 Å². The minimum absolute atomic E-state index is 0.00141. The Kier molecular flexibility index (Phi) is 5.50. The average molecular weight is 332 g/mol. The van der Waals surface area contributed by atoms with Gasteiger partial charge in [-0.3, -0.25) is 4.79 Å². The van der Waals surface area contributed by atoms with Gasteiger partial charge in [0, 0.05) is 11.6 Å². The molecule has 2 rings (SSSR count). The molecule has 0 aliphatic heterocycles. The van der Waals surface area contributed by atoms with Gasteiger partial charge in [0.05, 0.1) is 5.69 Å². The lowest BCUT2D eigenvalue weighted by Crippen LogP contribution is -2.39. The van der Waals surface area contributed by atoms with Crippen molar-refractivity contribution in [3.05, 3.63) is 40.9 Å². The summed E-state index contributed by atoms with van der Waals surface area (Å²) in [5.41, 5.74) is 1.56. The van der Waals surface area contributed by atoms with Crippen LogP contribution in [0, 0.1) is 6.92 Å². The van der Waals surface area contributed by atoms with Gasteiger partial charge in [0.25, 0.3) is 5.91 Å². The van der Waals surface area contributed by atoms with Gasteiger partial charge >= 0.3 is 5.97 Å². The first-order valence-corrected chi connectivity index (χ1v) is 8.24. The molecule has 2 aromatic rings. The molecule has 1 atom stereocenters. The van der Waals surface area contributed by atoms with E-state index in [1.807, 2.05) is 44.2 Å². The molecule has 0 saturated carbocycles. The largest absolute Gasteiger partial charge is 0.448 e. The van der Waals surface area contributed by atoms with E-state index in [4.69, 9.17) is 4.74 Å². The van der Waals surface area contributed by atoms with Crippen molar-refractivity contribution in [2.24, 2.45) is 0 Å². The van der Waals surface area contributed by atoms with Crippen LogP contribution in [0.1, 0.15) is 36.1 Å². The van der Waals surface area contributed by atoms with Crippen molar-refractivity contribution in [2.45, 2.75) is 39.8 Å². The number of aromatic nitrogens is 1. The topological polar surface area (TPSA) is 68.3 Å². The van der Waals surface area contributed by atoms with Crippen LogP contribution in [0.3, 0.4) is 0 Å². The first-order valence-electron chi connectivity index (χ1n) is 7.42. The Morgan fingerprint density at radius 2 is 1.83 bits per heavy atom. The van der Waals surface area contributed by atoms with Gasteiger partial charge in [0.1, 0.15) is 9.88 Å². The quantitative estimate of drug-likeness (QED) is 0.854. The highest BCUT2D eigenvalue weighted by Gasteiger charge is 2.23. The van der Waals surface area contributed by atoms with Gasteiger partial charge in [-0.2, -0.15) is 0 Å². The number of carbonyl (C=O) groups excluding carboxylic acids is 2. The zero-order chi connectivity index (χ0) is 17.0. The fraction of sp³-hybridized carbons (Fsp3) is 0.353. The number of benzene rings is 1. The molecule has 1 aromatic heterocycles. The predicted octanol–water partition coefficient (Wildman–Crippen LogP) is 3.19. The van der Waals surface area contributed by atoms with Crippen LogP contribution in [0.2, 0.25) is 0 Å². The van der Waals surface area contributed by atoms with Crippen LogP contribution >= 0.6 is 11.3 Å². The van der Waals surface area contributed by atoms with Gasteiger partial charge in [-0.1, -0.05) is 30.3 Å². The highest BCUT2D eigenvalue weighted by molar-refractivity contribution is 7.17. The number of amides is 1. The maximum atomic E-state index is 12.3. The van der Waals surface area contributed by atoms with E-state index in [1.54, 1.807) is 13.8 Å². The summed E-state index contributed by atoms with van der Waals surface area (Å²) in [4.78, 5) is 29.0. The lowest BCUT2D eigenvalue weighted by atomic mass is 10.2. The van der Waals surface area contributed by atoms with Crippen LogP contribution in [-0.4, -0.2) is 29.0 Å². The maximum Gasteiger partial charge on any atom is 0.351 e. The minimum atomic E-state index is -0.841. The molecule has 0 aliphatic rings. The van der Waals surface area contributed by atoms with Crippen molar-refractivity contribution in [2.75, 3.05) is 0 Å².